The molecule has 17 heavy (non-hydrogen) atoms. The van der Waals surface area contributed by atoms with E-state index in [0.717, 1.165) is 51.4 Å². The minimum Gasteiger partial charge on any atom is -0.353 e. The van der Waals surface area contributed by atoms with Crippen molar-refractivity contribution in [1.29, 1.82) is 0 Å². The Hall–Kier alpha value is -0.240. The van der Waals surface area contributed by atoms with Gasteiger partial charge in [0.1, 0.15) is 0 Å². The molecule has 1 amide bonds. The second-order valence-corrected chi connectivity index (χ2v) is 5.85. The highest BCUT2D eigenvalue weighted by molar-refractivity contribution is 6.20. The molecule has 1 aliphatic carbocycles. The van der Waals surface area contributed by atoms with Crippen LogP contribution in [0.3, 0.4) is 0 Å². The topological polar surface area (TPSA) is 29.1 Å². The van der Waals surface area contributed by atoms with Gasteiger partial charge in [-0.05, 0) is 38.5 Å². The first kappa shape index (κ1) is 14.8. The summed E-state index contributed by atoms with van der Waals surface area (Å²) in [5.41, 5.74) is 0. The third kappa shape index (κ3) is 5.29. The van der Waals surface area contributed by atoms with Crippen molar-refractivity contribution in [3.8, 4) is 0 Å². The maximum atomic E-state index is 12.1. The Bertz CT molecular complexity index is 218. The van der Waals surface area contributed by atoms with Gasteiger partial charge in [0.25, 0.3) is 0 Å². The fourth-order valence-electron chi connectivity index (χ4n) is 2.62. The van der Waals surface area contributed by atoms with Gasteiger partial charge in [-0.2, -0.15) is 0 Å². The molecule has 1 fully saturated rings. The summed E-state index contributed by atoms with van der Waals surface area (Å²) < 4.78 is 0. The largest absolute Gasteiger partial charge is 0.353 e. The van der Waals surface area contributed by atoms with Gasteiger partial charge in [-0.15, -0.1) is 11.6 Å². The molecular weight excluding hydrogens is 234 g/mol. The summed E-state index contributed by atoms with van der Waals surface area (Å²) in [5, 5.41) is 3.54. The van der Waals surface area contributed by atoms with Crippen molar-refractivity contribution >= 4 is 17.5 Å². The van der Waals surface area contributed by atoms with Crippen LogP contribution in [0.25, 0.3) is 0 Å². The Morgan fingerprint density at radius 1 is 1.18 bits per heavy atom. The van der Waals surface area contributed by atoms with Crippen LogP contribution in [0.4, 0.5) is 0 Å². The highest BCUT2D eigenvalue weighted by Gasteiger charge is 2.23. The molecule has 1 aliphatic rings. The number of halogens is 1. The lowest BCUT2D eigenvalue weighted by Crippen LogP contribution is -2.41. The van der Waals surface area contributed by atoms with Crippen LogP contribution in [0.2, 0.25) is 0 Å². The van der Waals surface area contributed by atoms with Crippen LogP contribution in [-0.2, 0) is 4.79 Å². The highest BCUT2D eigenvalue weighted by Crippen LogP contribution is 2.23. The second-order valence-electron chi connectivity index (χ2n) is 5.23. The lowest BCUT2D eigenvalue weighted by Gasteiger charge is -2.27. The average molecular weight is 260 g/mol. The molecular formula is C14H26ClNO. The zero-order chi connectivity index (χ0) is 12.7. The predicted octanol–water partition coefficient (Wildman–Crippen LogP) is 3.87. The fourth-order valence-corrected chi connectivity index (χ4v) is 2.87. The van der Waals surface area contributed by atoms with E-state index in [1.54, 1.807) is 0 Å². The normalized spacial score (nSPS) is 24.9. The summed E-state index contributed by atoms with van der Waals surface area (Å²) in [6, 6.07) is 0.369. The molecule has 0 spiro atoms. The Balaban J connectivity index is 2.35. The molecule has 0 aromatic rings. The molecule has 0 heterocycles. The molecule has 1 rings (SSSR count). The Labute approximate surface area is 110 Å². The van der Waals surface area contributed by atoms with E-state index in [1.807, 2.05) is 0 Å². The number of alkyl halides is 1. The summed E-state index contributed by atoms with van der Waals surface area (Å²) in [4.78, 5) is 12.1. The molecule has 0 aromatic carbocycles. The van der Waals surface area contributed by atoms with Crippen LogP contribution >= 0.6 is 11.6 Å². The van der Waals surface area contributed by atoms with Crippen molar-refractivity contribution in [2.45, 2.75) is 76.6 Å². The Kier molecular flexibility index (Phi) is 6.94. The molecule has 3 heteroatoms. The average Bonchev–Trinajstić information content (AvgIpc) is 2.32. The lowest BCUT2D eigenvalue weighted by molar-refractivity contribution is -0.126. The third-order valence-corrected chi connectivity index (χ3v) is 4.08. The quantitative estimate of drug-likeness (QED) is 0.721. The van der Waals surface area contributed by atoms with E-state index in [2.05, 4.69) is 19.2 Å². The molecule has 2 nitrogen and oxygen atoms in total. The van der Waals surface area contributed by atoms with E-state index >= 15 is 0 Å². The Morgan fingerprint density at radius 2 is 1.71 bits per heavy atom. The summed E-state index contributed by atoms with van der Waals surface area (Å²) in [5.74, 6) is 0.491. The summed E-state index contributed by atoms with van der Waals surface area (Å²) in [6.45, 7) is 4.29. The lowest BCUT2D eigenvalue weighted by atomic mass is 9.92. The number of hydrogen-bond donors (Lipinski definition) is 1. The minimum atomic E-state index is 0.221. The van der Waals surface area contributed by atoms with Crippen LogP contribution in [-0.4, -0.2) is 17.3 Å². The number of rotatable bonds is 6. The first-order chi connectivity index (χ1) is 8.17. The van der Waals surface area contributed by atoms with Crippen molar-refractivity contribution in [1.82, 2.24) is 5.32 Å². The molecule has 0 aliphatic heterocycles. The zero-order valence-electron chi connectivity index (χ0n) is 11.2. The van der Waals surface area contributed by atoms with Crippen molar-refractivity contribution in [3.05, 3.63) is 0 Å². The van der Waals surface area contributed by atoms with Gasteiger partial charge in [0, 0.05) is 17.3 Å². The van der Waals surface area contributed by atoms with Gasteiger partial charge in [0.2, 0.25) is 5.91 Å². The molecule has 0 bridgehead atoms. The van der Waals surface area contributed by atoms with Gasteiger partial charge in [-0.1, -0.05) is 26.7 Å². The van der Waals surface area contributed by atoms with Crippen LogP contribution in [0.5, 0.6) is 0 Å². The first-order valence-electron chi connectivity index (χ1n) is 7.11. The predicted molar refractivity (Wildman–Crippen MR) is 73.3 cm³/mol. The number of hydrogen-bond acceptors (Lipinski definition) is 1. The van der Waals surface area contributed by atoms with Gasteiger partial charge < -0.3 is 5.32 Å². The number of carbonyl (C=O) groups excluding carboxylic acids is 1. The molecule has 0 atom stereocenters. The van der Waals surface area contributed by atoms with Crippen molar-refractivity contribution < 1.29 is 4.79 Å². The number of amides is 1. The maximum Gasteiger partial charge on any atom is 0.223 e. The van der Waals surface area contributed by atoms with Gasteiger partial charge in [-0.3, -0.25) is 4.79 Å². The summed E-state index contributed by atoms with van der Waals surface area (Å²) in [7, 11) is 0. The van der Waals surface area contributed by atoms with E-state index in [1.165, 1.54) is 0 Å². The van der Waals surface area contributed by atoms with Crippen molar-refractivity contribution in [2.75, 3.05) is 0 Å². The number of carbonyl (C=O) groups is 1. The molecule has 0 saturated heterocycles. The van der Waals surface area contributed by atoms with Gasteiger partial charge in [0.15, 0.2) is 0 Å². The minimum absolute atomic E-state index is 0.221. The first-order valence-corrected chi connectivity index (χ1v) is 7.55. The summed E-state index contributed by atoms with van der Waals surface area (Å²) in [6.07, 6.45) is 8.39. The molecule has 0 radical (unpaired) electrons. The van der Waals surface area contributed by atoms with Crippen LogP contribution < -0.4 is 5.32 Å². The maximum absolute atomic E-state index is 12.1. The third-order valence-electron chi connectivity index (χ3n) is 3.65. The SMILES string of the molecule is CCCC(CCC)C(=O)NC1CCC(Cl)CC1. The zero-order valence-corrected chi connectivity index (χ0v) is 11.9. The van der Waals surface area contributed by atoms with Gasteiger partial charge >= 0.3 is 0 Å². The smallest absolute Gasteiger partial charge is 0.223 e. The van der Waals surface area contributed by atoms with Crippen LogP contribution in [0.1, 0.15) is 65.2 Å². The molecule has 0 aromatic heterocycles. The molecule has 1 N–H and O–H groups in total. The van der Waals surface area contributed by atoms with Crippen LogP contribution in [0.15, 0.2) is 0 Å². The van der Waals surface area contributed by atoms with Gasteiger partial charge in [0.05, 0.1) is 0 Å². The second kappa shape index (κ2) is 7.97. The van der Waals surface area contributed by atoms with Crippen molar-refractivity contribution in [3.63, 3.8) is 0 Å². The fraction of sp³-hybridized carbons (Fsp3) is 0.929. The summed E-state index contributed by atoms with van der Waals surface area (Å²) >= 11 is 6.07. The monoisotopic (exact) mass is 259 g/mol. The van der Waals surface area contributed by atoms with Gasteiger partial charge in [-0.25, -0.2) is 0 Å². The molecule has 1 saturated carbocycles. The molecule has 100 valence electrons. The Morgan fingerprint density at radius 3 is 2.18 bits per heavy atom. The van der Waals surface area contributed by atoms with E-state index in [0.29, 0.717) is 11.4 Å². The molecule has 0 unspecified atom stereocenters. The van der Waals surface area contributed by atoms with Crippen LogP contribution in [0, 0.1) is 5.92 Å². The highest BCUT2D eigenvalue weighted by atomic mass is 35.5. The number of nitrogens with one attached hydrogen (secondary N) is 1. The van der Waals surface area contributed by atoms with E-state index in [9.17, 15) is 4.79 Å². The van der Waals surface area contributed by atoms with E-state index in [-0.39, 0.29) is 11.8 Å². The van der Waals surface area contributed by atoms with Crippen molar-refractivity contribution in [2.24, 2.45) is 5.92 Å². The van der Waals surface area contributed by atoms with E-state index < -0.39 is 0 Å². The standard InChI is InChI=1S/C14H26ClNO/c1-3-5-11(6-4-2)14(17)16-13-9-7-12(15)8-10-13/h11-13H,3-10H2,1-2H3,(H,16,17). The van der Waals surface area contributed by atoms with E-state index in [4.69, 9.17) is 11.6 Å².